The maximum absolute atomic E-state index is 12.1. The molecule has 0 atom stereocenters. The number of benzene rings is 3. The number of anilines is 1. The number of nitrogens with one attached hydrogen (secondary N) is 2. The smallest absolute Gasteiger partial charge is 0.336 e. The molecule has 0 saturated heterocycles. The zero-order chi connectivity index (χ0) is 25.0. The quantitative estimate of drug-likeness (QED) is 0.129. The lowest BCUT2D eigenvalue weighted by Gasteiger charge is -2.09. The highest BCUT2D eigenvalue weighted by Gasteiger charge is 2.15. The van der Waals surface area contributed by atoms with Gasteiger partial charge in [-0.15, -0.1) is 0 Å². The molecule has 0 unspecified atom stereocenters. The summed E-state index contributed by atoms with van der Waals surface area (Å²) in [6, 6.07) is 20.7. The number of esters is 1. The molecule has 0 aliphatic heterocycles. The molecule has 0 heterocycles. The number of methoxy groups -OCH3 is 2. The fourth-order valence-corrected chi connectivity index (χ4v) is 2.86. The number of ether oxygens (including phenoxy) is 3. The molecule has 0 spiro atoms. The third kappa shape index (κ3) is 7.29. The number of nitrogens with zero attached hydrogens (tertiary/aromatic N) is 1. The first kappa shape index (κ1) is 24.7. The average Bonchev–Trinajstić information content (AvgIpc) is 2.89. The fourth-order valence-electron chi connectivity index (χ4n) is 2.86. The Morgan fingerprint density at radius 3 is 2.23 bits per heavy atom. The van der Waals surface area contributed by atoms with Gasteiger partial charge in [-0.1, -0.05) is 42.5 Å². The second kappa shape index (κ2) is 12.4. The molecule has 0 radical (unpaired) electrons. The van der Waals surface area contributed by atoms with Crippen LogP contribution in [0.1, 0.15) is 11.1 Å². The van der Waals surface area contributed by atoms with Crippen LogP contribution in [0.5, 0.6) is 17.2 Å². The molecule has 0 fully saturated rings. The normalized spacial score (nSPS) is 10.7. The Bertz CT molecular complexity index is 1250. The van der Waals surface area contributed by atoms with E-state index in [4.69, 9.17) is 14.2 Å². The van der Waals surface area contributed by atoms with Gasteiger partial charge in [0.2, 0.25) is 0 Å². The summed E-state index contributed by atoms with van der Waals surface area (Å²) in [5.41, 5.74) is 3.90. The molecule has 9 heteroatoms. The number of hydrazone groups is 1. The van der Waals surface area contributed by atoms with Crippen molar-refractivity contribution in [3.05, 3.63) is 90.0 Å². The Labute approximate surface area is 202 Å². The van der Waals surface area contributed by atoms with Crippen LogP contribution in [0.2, 0.25) is 0 Å². The van der Waals surface area contributed by atoms with Gasteiger partial charge >= 0.3 is 17.8 Å². The van der Waals surface area contributed by atoms with Crippen molar-refractivity contribution in [1.29, 1.82) is 0 Å². The van der Waals surface area contributed by atoms with Crippen LogP contribution in [0.4, 0.5) is 5.69 Å². The van der Waals surface area contributed by atoms with Crippen molar-refractivity contribution in [3.63, 3.8) is 0 Å². The molecular weight excluding hydrogens is 450 g/mol. The first-order valence-electron chi connectivity index (χ1n) is 10.4. The van der Waals surface area contributed by atoms with Gasteiger partial charge < -0.3 is 19.5 Å². The number of hydrogen-bond acceptors (Lipinski definition) is 7. The monoisotopic (exact) mass is 473 g/mol. The summed E-state index contributed by atoms with van der Waals surface area (Å²) in [6.07, 6.45) is 4.27. The number of carbonyl (C=O) groups is 3. The molecule has 3 aromatic carbocycles. The first-order valence-corrected chi connectivity index (χ1v) is 10.4. The zero-order valence-corrected chi connectivity index (χ0v) is 19.1. The van der Waals surface area contributed by atoms with Gasteiger partial charge in [0, 0.05) is 6.08 Å². The summed E-state index contributed by atoms with van der Waals surface area (Å²) < 4.78 is 15.7. The Morgan fingerprint density at radius 1 is 0.771 bits per heavy atom. The Morgan fingerprint density at radius 2 is 1.49 bits per heavy atom. The van der Waals surface area contributed by atoms with Crippen molar-refractivity contribution in [2.24, 2.45) is 5.10 Å². The van der Waals surface area contributed by atoms with Crippen LogP contribution < -0.4 is 25.0 Å². The van der Waals surface area contributed by atoms with E-state index in [1.807, 2.05) is 30.3 Å². The van der Waals surface area contributed by atoms with Crippen LogP contribution in [0.15, 0.2) is 84.0 Å². The van der Waals surface area contributed by atoms with Crippen molar-refractivity contribution in [2.45, 2.75) is 0 Å². The minimum atomic E-state index is -0.963. The number of hydrogen-bond donors (Lipinski definition) is 2. The van der Waals surface area contributed by atoms with Crippen LogP contribution >= 0.6 is 0 Å². The minimum Gasteiger partial charge on any atom is -0.495 e. The highest BCUT2D eigenvalue weighted by molar-refractivity contribution is 6.39. The highest BCUT2D eigenvalue weighted by atomic mass is 16.6. The Hall–Kier alpha value is -4.92. The fraction of sp³-hybridized carbons (Fsp3) is 0.0769. The Kier molecular flexibility index (Phi) is 8.73. The number of para-hydroxylation sites is 2. The summed E-state index contributed by atoms with van der Waals surface area (Å²) in [7, 11) is 2.88. The lowest BCUT2D eigenvalue weighted by molar-refractivity contribution is -0.136. The zero-order valence-electron chi connectivity index (χ0n) is 19.1. The lowest BCUT2D eigenvalue weighted by Crippen LogP contribution is -2.32. The SMILES string of the molecule is COc1ccccc1NC(=O)C(=O)NN=Cc1ccc(OC(=O)C=Cc2ccccc2)c(OC)c1. The lowest BCUT2D eigenvalue weighted by atomic mass is 10.2. The van der Waals surface area contributed by atoms with E-state index in [0.717, 1.165) is 5.56 Å². The molecule has 0 aliphatic carbocycles. The summed E-state index contributed by atoms with van der Waals surface area (Å²) >= 11 is 0. The maximum Gasteiger partial charge on any atom is 0.336 e. The van der Waals surface area contributed by atoms with E-state index in [1.165, 1.54) is 32.6 Å². The van der Waals surface area contributed by atoms with E-state index < -0.39 is 17.8 Å². The Balaban J connectivity index is 1.57. The molecular formula is C26H23N3O6. The summed E-state index contributed by atoms with van der Waals surface area (Å²) in [6.45, 7) is 0. The number of carbonyl (C=O) groups excluding carboxylic acids is 3. The molecule has 9 nitrogen and oxygen atoms in total. The van der Waals surface area contributed by atoms with Crippen LogP contribution in [0.3, 0.4) is 0 Å². The van der Waals surface area contributed by atoms with Gasteiger partial charge in [0.05, 0.1) is 26.1 Å². The van der Waals surface area contributed by atoms with Crippen LogP contribution in [-0.2, 0) is 14.4 Å². The molecule has 2 amide bonds. The molecule has 0 bridgehead atoms. The molecule has 0 saturated carbocycles. The van der Waals surface area contributed by atoms with Crippen LogP contribution in [0, 0.1) is 0 Å². The average molecular weight is 473 g/mol. The molecule has 35 heavy (non-hydrogen) atoms. The molecule has 0 aromatic heterocycles. The third-order valence-corrected chi connectivity index (χ3v) is 4.55. The van der Waals surface area contributed by atoms with Crippen molar-refractivity contribution in [2.75, 3.05) is 19.5 Å². The minimum absolute atomic E-state index is 0.215. The van der Waals surface area contributed by atoms with Crippen molar-refractivity contribution < 1.29 is 28.6 Å². The van der Waals surface area contributed by atoms with Crippen molar-refractivity contribution in [3.8, 4) is 17.2 Å². The van der Waals surface area contributed by atoms with Gasteiger partial charge in [0.15, 0.2) is 11.5 Å². The van der Waals surface area contributed by atoms with E-state index in [2.05, 4.69) is 15.8 Å². The largest absolute Gasteiger partial charge is 0.495 e. The predicted molar refractivity (Wildman–Crippen MR) is 131 cm³/mol. The topological polar surface area (TPSA) is 115 Å². The highest BCUT2D eigenvalue weighted by Crippen LogP contribution is 2.28. The van der Waals surface area contributed by atoms with E-state index >= 15 is 0 Å². The molecule has 178 valence electrons. The van der Waals surface area contributed by atoms with E-state index in [9.17, 15) is 14.4 Å². The van der Waals surface area contributed by atoms with Gasteiger partial charge in [0.25, 0.3) is 0 Å². The van der Waals surface area contributed by atoms with E-state index in [1.54, 1.807) is 42.5 Å². The molecule has 0 aliphatic rings. The van der Waals surface area contributed by atoms with Crippen LogP contribution in [-0.4, -0.2) is 38.2 Å². The predicted octanol–water partition coefficient (Wildman–Crippen LogP) is 3.41. The molecule has 3 rings (SSSR count). The van der Waals surface area contributed by atoms with Crippen LogP contribution in [0.25, 0.3) is 6.08 Å². The van der Waals surface area contributed by atoms with Gasteiger partial charge in [-0.2, -0.15) is 5.10 Å². The van der Waals surface area contributed by atoms with Gasteiger partial charge in [-0.05, 0) is 47.5 Å². The van der Waals surface area contributed by atoms with E-state index in [-0.39, 0.29) is 11.5 Å². The summed E-state index contributed by atoms with van der Waals surface area (Å²) in [5.74, 6) is -1.52. The first-order chi connectivity index (χ1) is 17.0. The van der Waals surface area contributed by atoms with Crippen molar-refractivity contribution >= 4 is 35.8 Å². The van der Waals surface area contributed by atoms with E-state index in [0.29, 0.717) is 17.0 Å². The summed E-state index contributed by atoms with van der Waals surface area (Å²) in [4.78, 5) is 36.3. The second-order valence-corrected chi connectivity index (χ2v) is 6.93. The standard InChI is InChI=1S/C26H23N3O6/c1-33-21-11-7-6-10-20(21)28-25(31)26(32)29-27-17-19-12-14-22(23(16-19)34-2)35-24(30)15-13-18-8-4-3-5-9-18/h3-17H,1-2H3,(H,28,31)(H,29,32). The third-order valence-electron chi connectivity index (χ3n) is 4.55. The van der Waals surface area contributed by atoms with Gasteiger partial charge in [0.1, 0.15) is 5.75 Å². The van der Waals surface area contributed by atoms with Gasteiger partial charge in [-0.25, -0.2) is 10.2 Å². The number of amides is 2. The molecule has 3 aromatic rings. The molecule has 2 N–H and O–H groups in total. The summed E-state index contributed by atoms with van der Waals surface area (Å²) in [5, 5.41) is 6.24. The second-order valence-electron chi connectivity index (χ2n) is 6.93. The number of rotatable bonds is 8. The van der Waals surface area contributed by atoms with Gasteiger partial charge in [-0.3, -0.25) is 9.59 Å². The maximum atomic E-state index is 12.1. The van der Waals surface area contributed by atoms with Crippen molar-refractivity contribution in [1.82, 2.24) is 5.43 Å².